The summed E-state index contributed by atoms with van der Waals surface area (Å²) in [4.78, 5) is 9.00. The maximum atomic E-state index is 5.45. The van der Waals surface area contributed by atoms with Crippen LogP contribution in [0.2, 0.25) is 0 Å². The Morgan fingerprint density at radius 2 is 2.00 bits per heavy atom. The summed E-state index contributed by atoms with van der Waals surface area (Å²) >= 11 is 1.79. The highest BCUT2D eigenvalue weighted by molar-refractivity contribution is 7.14. The second-order valence-corrected chi connectivity index (χ2v) is 5.45. The third-order valence-corrected chi connectivity index (χ3v) is 4.17. The fourth-order valence-corrected chi connectivity index (χ4v) is 3.00. The minimum Gasteiger partial charge on any atom is -0.361 e. The Morgan fingerprint density at radius 3 is 2.57 bits per heavy atom. The van der Waals surface area contributed by atoms with Crippen molar-refractivity contribution in [3.05, 3.63) is 29.2 Å². The van der Waals surface area contributed by atoms with Gasteiger partial charge >= 0.3 is 0 Å². The van der Waals surface area contributed by atoms with Gasteiger partial charge in [-0.15, -0.1) is 36.2 Å². The Bertz CT molecular complexity index is 513. The van der Waals surface area contributed by atoms with Gasteiger partial charge in [-0.05, 0) is 17.5 Å². The molecule has 0 bridgehead atoms. The van der Waals surface area contributed by atoms with Crippen molar-refractivity contribution in [1.82, 2.24) is 15.0 Å². The highest BCUT2D eigenvalue weighted by Gasteiger charge is 2.19. The number of hydrogen-bond acceptors (Lipinski definition) is 7. The van der Waals surface area contributed by atoms with Gasteiger partial charge in [-0.25, -0.2) is 0 Å². The fourth-order valence-electron chi connectivity index (χ4n) is 2.21. The molecule has 9 heteroatoms. The summed E-state index contributed by atoms with van der Waals surface area (Å²) in [6, 6.07) is 4.27. The number of hydrogen-bond donors (Lipinski definition) is 1. The van der Waals surface area contributed by atoms with Crippen LogP contribution in [0.25, 0.3) is 0 Å². The first kappa shape index (κ1) is 18.2. The third-order valence-electron chi connectivity index (χ3n) is 3.24. The van der Waals surface area contributed by atoms with E-state index in [1.54, 1.807) is 11.3 Å². The van der Waals surface area contributed by atoms with Crippen molar-refractivity contribution in [2.45, 2.75) is 13.1 Å². The lowest BCUT2D eigenvalue weighted by Gasteiger charge is -2.34. The smallest absolute Gasteiger partial charge is 0.240 e. The molecule has 118 valence electrons. The van der Waals surface area contributed by atoms with Crippen LogP contribution in [0.3, 0.4) is 0 Å². The van der Waals surface area contributed by atoms with Gasteiger partial charge in [0.15, 0.2) is 5.82 Å². The zero-order valence-electron chi connectivity index (χ0n) is 11.5. The maximum absolute atomic E-state index is 5.45. The fraction of sp³-hybridized carbons (Fsp3) is 0.500. The average Bonchev–Trinajstić information content (AvgIpc) is 3.10. The summed E-state index contributed by atoms with van der Waals surface area (Å²) in [5, 5.41) is 7.40. The molecular weight excluding hydrogens is 333 g/mol. The van der Waals surface area contributed by atoms with Gasteiger partial charge in [-0.1, -0.05) is 5.16 Å². The predicted molar refractivity (Wildman–Crippen MR) is 88.5 cm³/mol. The first-order valence-electron chi connectivity index (χ1n) is 6.37. The van der Waals surface area contributed by atoms with Crippen molar-refractivity contribution < 1.29 is 4.52 Å². The van der Waals surface area contributed by atoms with E-state index < -0.39 is 0 Å². The van der Waals surface area contributed by atoms with Gasteiger partial charge in [0.1, 0.15) is 0 Å². The number of nitrogens with zero attached hydrogens (tertiary/aromatic N) is 4. The number of rotatable bonds is 4. The SMILES string of the molecule is Cl.Cl.NCc1nc(CN2CCN(c3cccs3)CC2)no1. The topological polar surface area (TPSA) is 71.4 Å². The molecule has 6 nitrogen and oxygen atoms in total. The summed E-state index contributed by atoms with van der Waals surface area (Å²) in [6.45, 7) is 5.17. The van der Waals surface area contributed by atoms with Crippen molar-refractivity contribution in [1.29, 1.82) is 0 Å². The van der Waals surface area contributed by atoms with Crippen LogP contribution in [0.15, 0.2) is 22.0 Å². The molecule has 3 rings (SSSR count). The van der Waals surface area contributed by atoms with E-state index in [0.717, 1.165) is 38.5 Å². The Morgan fingerprint density at radius 1 is 1.24 bits per heavy atom. The van der Waals surface area contributed by atoms with Crippen LogP contribution >= 0.6 is 36.2 Å². The summed E-state index contributed by atoms with van der Waals surface area (Å²) < 4.78 is 5.01. The second kappa shape index (κ2) is 8.55. The minimum atomic E-state index is 0. The van der Waals surface area contributed by atoms with Crippen molar-refractivity contribution in [2.75, 3.05) is 31.1 Å². The zero-order valence-corrected chi connectivity index (χ0v) is 13.9. The molecule has 21 heavy (non-hydrogen) atoms. The summed E-state index contributed by atoms with van der Waals surface area (Å²) in [7, 11) is 0. The molecule has 1 aliphatic heterocycles. The second-order valence-electron chi connectivity index (χ2n) is 4.52. The van der Waals surface area contributed by atoms with Gasteiger partial charge in [-0.3, -0.25) is 4.90 Å². The van der Waals surface area contributed by atoms with E-state index in [1.165, 1.54) is 5.00 Å². The number of halogens is 2. The Kier molecular flexibility index (Phi) is 7.41. The molecule has 0 saturated carbocycles. The van der Waals surface area contributed by atoms with E-state index in [9.17, 15) is 0 Å². The molecule has 1 aliphatic rings. The minimum absolute atomic E-state index is 0. The first-order chi connectivity index (χ1) is 9.35. The molecule has 2 aromatic heterocycles. The normalized spacial score (nSPS) is 15.4. The van der Waals surface area contributed by atoms with Crippen molar-refractivity contribution in [2.24, 2.45) is 5.73 Å². The van der Waals surface area contributed by atoms with Crippen LogP contribution in [0.5, 0.6) is 0 Å². The lowest BCUT2D eigenvalue weighted by Crippen LogP contribution is -2.45. The highest BCUT2D eigenvalue weighted by atomic mass is 35.5. The number of anilines is 1. The van der Waals surface area contributed by atoms with Crippen LogP contribution in [0.4, 0.5) is 5.00 Å². The summed E-state index contributed by atoms with van der Waals surface area (Å²) in [5.41, 5.74) is 5.45. The maximum Gasteiger partial charge on any atom is 0.240 e. The Hall–Kier alpha value is -0.860. The molecule has 1 fully saturated rings. The van der Waals surface area contributed by atoms with Crippen LogP contribution in [-0.4, -0.2) is 41.2 Å². The molecule has 0 spiro atoms. The van der Waals surface area contributed by atoms with E-state index in [0.29, 0.717) is 12.4 Å². The molecule has 0 aliphatic carbocycles. The number of thiophene rings is 1. The van der Waals surface area contributed by atoms with Crippen LogP contribution in [-0.2, 0) is 13.1 Å². The standard InChI is InChI=1S/C12H17N5OS.2ClH/c13-8-11-14-10(15-18-11)9-16-3-5-17(6-4-16)12-2-1-7-19-12;;/h1-2,7H,3-6,8-9,13H2;2*1H. The van der Waals surface area contributed by atoms with Crippen LogP contribution < -0.4 is 10.6 Å². The zero-order chi connectivity index (χ0) is 13.1. The third kappa shape index (κ3) is 4.55. The van der Waals surface area contributed by atoms with Gasteiger partial charge in [0.25, 0.3) is 0 Å². The van der Waals surface area contributed by atoms with E-state index in [1.807, 2.05) is 0 Å². The van der Waals surface area contributed by atoms with Gasteiger partial charge in [-0.2, -0.15) is 4.98 Å². The molecule has 2 N–H and O–H groups in total. The quantitative estimate of drug-likeness (QED) is 0.904. The number of piperazine rings is 1. The van der Waals surface area contributed by atoms with E-state index in [4.69, 9.17) is 10.3 Å². The van der Waals surface area contributed by atoms with Gasteiger partial charge < -0.3 is 15.2 Å². The van der Waals surface area contributed by atoms with Gasteiger partial charge in [0.2, 0.25) is 5.89 Å². The molecule has 3 heterocycles. The molecule has 1 saturated heterocycles. The molecule has 0 radical (unpaired) electrons. The highest BCUT2D eigenvalue weighted by Crippen LogP contribution is 2.22. The molecule has 0 atom stereocenters. The molecule has 0 unspecified atom stereocenters. The monoisotopic (exact) mass is 351 g/mol. The van der Waals surface area contributed by atoms with E-state index >= 15 is 0 Å². The Balaban J connectivity index is 0.00000110. The molecular formula is C12H19Cl2N5OS. The number of aromatic nitrogens is 2. The summed E-state index contributed by atoms with van der Waals surface area (Å²) in [6.07, 6.45) is 0. The van der Waals surface area contributed by atoms with Gasteiger partial charge in [0.05, 0.1) is 18.1 Å². The molecule has 0 amide bonds. The van der Waals surface area contributed by atoms with Crippen LogP contribution in [0.1, 0.15) is 11.7 Å². The lowest BCUT2D eigenvalue weighted by molar-refractivity contribution is 0.240. The lowest BCUT2D eigenvalue weighted by atomic mass is 10.3. The van der Waals surface area contributed by atoms with Crippen molar-refractivity contribution >= 4 is 41.2 Å². The average molecular weight is 352 g/mol. The predicted octanol–water partition coefficient (Wildman–Crippen LogP) is 1.76. The molecule has 0 aromatic carbocycles. The summed E-state index contributed by atoms with van der Waals surface area (Å²) in [5.74, 6) is 1.23. The van der Waals surface area contributed by atoms with E-state index in [-0.39, 0.29) is 24.8 Å². The molecule has 2 aromatic rings. The van der Waals surface area contributed by atoms with Crippen LogP contribution in [0, 0.1) is 0 Å². The van der Waals surface area contributed by atoms with Crippen molar-refractivity contribution in [3.63, 3.8) is 0 Å². The number of nitrogens with two attached hydrogens (primary N) is 1. The first-order valence-corrected chi connectivity index (χ1v) is 7.25. The Labute approximate surface area is 140 Å². The van der Waals surface area contributed by atoms with Crippen molar-refractivity contribution in [3.8, 4) is 0 Å². The largest absolute Gasteiger partial charge is 0.361 e. The van der Waals surface area contributed by atoms with Gasteiger partial charge in [0, 0.05) is 26.2 Å². The van der Waals surface area contributed by atoms with E-state index in [2.05, 4.69) is 37.5 Å².